The van der Waals surface area contributed by atoms with Gasteiger partial charge in [-0.1, -0.05) is 25.1 Å². The van der Waals surface area contributed by atoms with Gasteiger partial charge in [-0.25, -0.2) is 4.98 Å². The zero-order chi connectivity index (χ0) is 31.7. The SMILES string of the molecule is CCCn1cc(-c2ccc(Nc3nc(Nc4ccc(CP(OCC)OCC)cc4)ncc3C(F)(F)F)c(C(=O)NC)c2)cn1. The van der Waals surface area contributed by atoms with Crippen LogP contribution < -0.4 is 16.0 Å². The van der Waals surface area contributed by atoms with Gasteiger partial charge in [-0.15, -0.1) is 0 Å². The highest BCUT2D eigenvalue weighted by molar-refractivity contribution is 7.46. The van der Waals surface area contributed by atoms with Crippen molar-refractivity contribution in [3.8, 4) is 11.1 Å². The molecule has 2 aromatic heterocycles. The van der Waals surface area contributed by atoms with Crippen LogP contribution in [0.1, 0.15) is 48.7 Å². The lowest BCUT2D eigenvalue weighted by Crippen LogP contribution is -2.20. The number of rotatable bonds is 14. The lowest BCUT2D eigenvalue weighted by Gasteiger charge is -2.17. The molecular formula is C30H35F3N7O3P. The molecule has 0 unspecified atom stereocenters. The molecule has 2 heterocycles. The molecule has 10 nitrogen and oxygen atoms in total. The molecule has 0 spiro atoms. The molecule has 0 aliphatic rings. The number of halogens is 3. The van der Waals surface area contributed by atoms with E-state index in [1.54, 1.807) is 41.2 Å². The van der Waals surface area contributed by atoms with E-state index in [0.717, 1.165) is 24.1 Å². The number of hydrogen-bond donors (Lipinski definition) is 3. The molecule has 2 aromatic carbocycles. The third-order valence-corrected chi connectivity index (χ3v) is 8.04. The molecule has 0 bridgehead atoms. The van der Waals surface area contributed by atoms with Crippen molar-refractivity contribution in [2.75, 3.05) is 30.9 Å². The third kappa shape index (κ3) is 8.52. The van der Waals surface area contributed by atoms with Gasteiger partial charge in [0.25, 0.3) is 5.91 Å². The standard InChI is InChI=1S/C30H35F3N7O3P/c1-5-14-40-18-22(16-36-40)21-10-13-26(24(15-21)28(41)34-4)38-27-25(30(31,32)33)17-35-29(39-27)37-23-11-8-20(9-12-23)19-44(42-6-2)43-7-3/h8-13,15-18H,5-7,14,19H2,1-4H3,(H,34,41)(H2,35,37,38,39). The second-order valence-corrected chi connectivity index (χ2v) is 11.1. The van der Waals surface area contributed by atoms with Gasteiger partial charge in [0.05, 0.1) is 30.7 Å². The van der Waals surface area contributed by atoms with Crippen molar-refractivity contribution >= 4 is 37.4 Å². The van der Waals surface area contributed by atoms with Crippen molar-refractivity contribution in [1.29, 1.82) is 0 Å². The van der Waals surface area contributed by atoms with E-state index >= 15 is 0 Å². The summed E-state index contributed by atoms with van der Waals surface area (Å²) in [5, 5.41) is 12.6. The maximum absolute atomic E-state index is 14.0. The van der Waals surface area contributed by atoms with Crippen LogP contribution in [-0.4, -0.2) is 45.9 Å². The maximum Gasteiger partial charge on any atom is 0.421 e. The van der Waals surface area contributed by atoms with Crippen molar-refractivity contribution in [3.05, 3.63) is 77.7 Å². The number of hydrogen-bond acceptors (Lipinski definition) is 8. The number of nitrogens with one attached hydrogen (secondary N) is 3. The molecule has 4 rings (SSSR count). The first-order valence-corrected chi connectivity index (χ1v) is 15.5. The largest absolute Gasteiger partial charge is 0.421 e. The Morgan fingerprint density at radius 1 is 0.977 bits per heavy atom. The zero-order valence-electron chi connectivity index (χ0n) is 24.9. The van der Waals surface area contributed by atoms with Crippen molar-refractivity contribution in [2.24, 2.45) is 0 Å². The Bertz CT molecular complexity index is 1540. The number of aromatic nitrogens is 4. The lowest BCUT2D eigenvalue weighted by atomic mass is 10.0. The molecule has 0 fully saturated rings. The predicted octanol–water partition coefficient (Wildman–Crippen LogP) is 7.50. The van der Waals surface area contributed by atoms with Gasteiger partial charge in [-0.05, 0) is 55.7 Å². The fraction of sp³-hybridized carbons (Fsp3) is 0.333. The van der Waals surface area contributed by atoms with Crippen LogP contribution in [0.4, 0.5) is 36.3 Å². The van der Waals surface area contributed by atoms with E-state index < -0.39 is 31.8 Å². The van der Waals surface area contributed by atoms with Crippen molar-refractivity contribution in [2.45, 2.75) is 46.1 Å². The van der Waals surface area contributed by atoms with Gasteiger partial charge >= 0.3 is 6.18 Å². The topological polar surface area (TPSA) is 115 Å². The Morgan fingerprint density at radius 3 is 2.34 bits per heavy atom. The maximum atomic E-state index is 14.0. The number of anilines is 4. The molecule has 0 radical (unpaired) electrons. The van der Waals surface area contributed by atoms with Gasteiger partial charge in [-0.2, -0.15) is 23.3 Å². The van der Waals surface area contributed by atoms with E-state index in [4.69, 9.17) is 9.05 Å². The molecule has 0 saturated heterocycles. The molecule has 0 aliphatic carbocycles. The van der Waals surface area contributed by atoms with Crippen LogP contribution in [0.15, 0.2) is 61.1 Å². The van der Waals surface area contributed by atoms with Gasteiger partial charge in [0, 0.05) is 43.4 Å². The molecule has 0 atom stereocenters. The Hall–Kier alpha value is -4.06. The molecule has 44 heavy (non-hydrogen) atoms. The number of alkyl halides is 3. The lowest BCUT2D eigenvalue weighted by molar-refractivity contribution is -0.137. The highest BCUT2D eigenvalue weighted by Gasteiger charge is 2.35. The summed E-state index contributed by atoms with van der Waals surface area (Å²) in [6, 6.07) is 12.2. The average molecular weight is 630 g/mol. The highest BCUT2D eigenvalue weighted by atomic mass is 31.2. The molecule has 0 saturated carbocycles. The smallest absolute Gasteiger partial charge is 0.355 e. The van der Waals surface area contributed by atoms with E-state index in [-0.39, 0.29) is 17.2 Å². The third-order valence-electron chi connectivity index (χ3n) is 6.33. The predicted molar refractivity (Wildman–Crippen MR) is 165 cm³/mol. The normalized spacial score (nSPS) is 11.5. The molecule has 234 valence electrons. The fourth-order valence-corrected chi connectivity index (χ4v) is 5.62. The molecule has 3 N–H and O–H groups in total. The molecule has 4 aromatic rings. The van der Waals surface area contributed by atoms with Crippen LogP contribution in [0.3, 0.4) is 0 Å². The van der Waals surface area contributed by atoms with Crippen LogP contribution in [0.5, 0.6) is 0 Å². The van der Waals surface area contributed by atoms with E-state index in [1.165, 1.54) is 7.05 Å². The minimum absolute atomic E-state index is 0.0550. The van der Waals surface area contributed by atoms with E-state index in [9.17, 15) is 18.0 Å². The second-order valence-electron chi connectivity index (χ2n) is 9.56. The van der Waals surface area contributed by atoms with Gasteiger partial charge in [0.1, 0.15) is 11.4 Å². The number of nitrogens with zero attached hydrogens (tertiary/aromatic N) is 4. The van der Waals surface area contributed by atoms with E-state index in [2.05, 4.69) is 31.0 Å². The first-order valence-electron chi connectivity index (χ1n) is 14.1. The zero-order valence-corrected chi connectivity index (χ0v) is 25.8. The average Bonchev–Trinajstić information content (AvgIpc) is 3.46. The van der Waals surface area contributed by atoms with Crippen LogP contribution >= 0.6 is 8.38 Å². The van der Waals surface area contributed by atoms with Crippen molar-refractivity contribution < 1.29 is 27.0 Å². The summed E-state index contributed by atoms with van der Waals surface area (Å²) in [6.07, 6.45) is 1.01. The molecule has 14 heteroatoms. The van der Waals surface area contributed by atoms with Gasteiger partial charge in [-0.3, -0.25) is 9.48 Å². The summed E-state index contributed by atoms with van der Waals surface area (Å²) in [5.41, 5.74) is 2.25. The molecule has 0 aliphatic heterocycles. The minimum Gasteiger partial charge on any atom is -0.355 e. The quantitative estimate of drug-likeness (QED) is 0.123. The number of amides is 1. The number of aryl methyl sites for hydroxylation is 1. The molecule has 1 amide bonds. The summed E-state index contributed by atoms with van der Waals surface area (Å²) in [6.45, 7) is 7.69. The van der Waals surface area contributed by atoms with Gasteiger partial charge < -0.3 is 25.0 Å². The van der Waals surface area contributed by atoms with Crippen molar-refractivity contribution in [1.82, 2.24) is 25.1 Å². The van der Waals surface area contributed by atoms with Crippen LogP contribution in [0, 0.1) is 0 Å². The minimum atomic E-state index is -4.75. The Balaban J connectivity index is 1.61. The first-order chi connectivity index (χ1) is 21.1. The highest BCUT2D eigenvalue weighted by Crippen LogP contribution is 2.42. The van der Waals surface area contributed by atoms with Crippen LogP contribution in [0.25, 0.3) is 11.1 Å². The number of carbonyl (C=O) groups excluding carboxylic acids is 1. The Morgan fingerprint density at radius 2 is 1.70 bits per heavy atom. The summed E-state index contributed by atoms with van der Waals surface area (Å²) in [7, 11) is 0.394. The summed E-state index contributed by atoms with van der Waals surface area (Å²) >= 11 is 0. The summed E-state index contributed by atoms with van der Waals surface area (Å²) in [5.74, 6) is -1.03. The van der Waals surface area contributed by atoms with Gasteiger partial charge in [0.15, 0.2) is 8.38 Å². The summed E-state index contributed by atoms with van der Waals surface area (Å²) < 4.78 is 55.1. The van der Waals surface area contributed by atoms with E-state index in [0.29, 0.717) is 36.8 Å². The van der Waals surface area contributed by atoms with Gasteiger partial charge in [0.2, 0.25) is 5.95 Å². The molecular weight excluding hydrogens is 594 g/mol. The monoisotopic (exact) mass is 629 g/mol. The number of benzene rings is 2. The first kappa shape index (κ1) is 32.8. The van der Waals surface area contributed by atoms with E-state index in [1.807, 2.05) is 39.1 Å². The second kappa shape index (κ2) is 15.1. The number of carbonyl (C=O) groups is 1. The summed E-state index contributed by atoms with van der Waals surface area (Å²) in [4.78, 5) is 20.9. The fourth-order valence-electron chi connectivity index (χ4n) is 4.28. The Kier molecular flexibility index (Phi) is 11.3. The van der Waals surface area contributed by atoms with Crippen LogP contribution in [0.2, 0.25) is 0 Å². The van der Waals surface area contributed by atoms with Crippen LogP contribution in [-0.2, 0) is 27.9 Å². The Labute approximate surface area is 255 Å². The van der Waals surface area contributed by atoms with Crippen molar-refractivity contribution in [3.63, 3.8) is 0 Å².